The standard InChI is InChI=1S/C64H71N3O14S/c1-5-44(4)67(64-66-55-18-12-13-19-57(55)82-64)65-43-49-42-54(80-62(72)47-22-20-45(21-23-47)60(70)78-52-32-28-50(29-33-52)74-38-14-8-10-16-40-76-58(68)6-2)36-37-56(49)81-63(73)48-26-24-46(25-27-48)61(71)79-53-34-30-51(31-35-53)75-39-15-9-11-17-41-77-59(69)7-3/h1,6-7,12-13,18-19,28-37,42-48H,2-3,8-11,14-17,20-27,38-41H2,4H3/b65-43+. The van der Waals surface area contributed by atoms with Crippen LogP contribution in [0.5, 0.6) is 34.5 Å². The molecular weight excluding hydrogens is 1070 g/mol. The summed E-state index contributed by atoms with van der Waals surface area (Å²) in [5.74, 6) is 0.967. The Labute approximate surface area is 482 Å². The molecule has 4 aromatic carbocycles. The molecule has 0 radical (unpaired) electrons. The number of thiazole rings is 1. The minimum absolute atomic E-state index is 0.180. The highest BCUT2D eigenvalue weighted by molar-refractivity contribution is 7.22. The second kappa shape index (κ2) is 32.2. The largest absolute Gasteiger partial charge is 0.494 e. The molecule has 1 unspecified atom stereocenters. The van der Waals surface area contributed by atoms with E-state index in [1.807, 2.05) is 31.2 Å². The summed E-state index contributed by atoms with van der Waals surface area (Å²) >= 11 is 1.42. The molecule has 2 fully saturated rings. The van der Waals surface area contributed by atoms with E-state index in [0.717, 1.165) is 73.7 Å². The molecule has 0 saturated heterocycles. The molecule has 0 N–H and O–H groups in total. The van der Waals surface area contributed by atoms with Crippen molar-refractivity contribution in [3.05, 3.63) is 122 Å². The normalized spacial score (nSPS) is 17.1. The lowest BCUT2D eigenvalue weighted by molar-refractivity contribution is -0.145. The molecule has 1 heterocycles. The van der Waals surface area contributed by atoms with Crippen LogP contribution in [0.1, 0.15) is 115 Å². The maximum absolute atomic E-state index is 13.9. The molecule has 18 heteroatoms. The van der Waals surface area contributed by atoms with Crippen LogP contribution >= 0.6 is 11.3 Å². The van der Waals surface area contributed by atoms with Gasteiger partial charge in [-0.05, 0) is 189 Å². The maximum Gasteiger partial charge on any atom is 0.330 e. The van der Waals surface area contributed by atoms with Crippen molar-refractivity contribution in [2.75, 3.05) is 31.4 Å². The summed E-state index contributed by atoms with van der Waals surface area (Å²) < 4.78 is 46.1. The van der Waals surface area contributed by atoms with Crippen molar-refractivity contribution in [2.24, 2.45) is 28.8 Å². The van der Waals surface area contributed by atoms with Crippen molar-refractivity contribution in [3.8, 4) is 46.8 Å². The molecule has 0 amide bonds. The van der Waals surface area contributed by atoms with Crippen molar-refractivity contribution in [3.63, 3.8) is 0 Å². The first-order valence-corrected chi connectivity index (χ1v) is 28.9. The number of esters is 6. The van der Waals surface area contributed by atoms with Gasteiger partial charge in [-0.25, -0.2) is 19.6 Å². The zero-order chi connectivity index (χ0) is 58.1. The number of terminal acetylenes is 1. The number of ether oxygens (including phenoxy) is 8. The highest BCUT2D eigenvalue weighted by atomic mass is 32.1. The van der Waals surface area contributed by atoms with Gasteiger partial charge in [0.25, 0.3) is 0 Å². The van der Waals surface area contributed by atoms with Gasteiger partial charge in [0.05, 0.1) is 66.5 Å². The first-order chi connectivity index (χ1) is 39.9. The Morgan fingerprint density at radius 3 is 1.45 bits per heavy atom. The highest BCUT2D eigenvalue weighted by Gasteiger charge is 2.34. The van der Waals surface area contributed by atoms with Gasteiger partial charge in [-0.15, -0.1) is 6.42 Å². The van der Waals surface area contributed by atoms with Gasteiger partial charge in [0, 0.05) is 17.7 Å². The summed E-state index contributed by atoms with van der Waals surface area (Å²) in [5, 5.41) is 6.92. The zero-order valence-electron chi connectivity index (χ0n) is 46.4. The number of unbranched alkanes of at least 4 members (excludes halogenated alkanes) is 6. The van der Waals surface area contributed by atoms with Gasteiger partial charge in [0.2, 0.25) is 5.13 Å². The van der Waals surface area contributed by atoms with Crippen LogP contribution in [0, 0.1) is 36.0 Å². The van der Waals surface area contributed by atoms with Gasteiger partial charge in [-0.1, -0.05) is 42.5 Å². The Morgan fingerprint density at radius 2 is 1.00 bits per heavy atom. The van der Waals surface area contributed by atoms with Gasteiger partial charge in [-0.2, -0.15) is 5.10 Å². The predicted octanol–water partition coefficient (Wildman–Crippen LogP) is 12.1. The SMILES string of the molecule is C#CC(C)N(/N=C/c1cc(OC(=O)C2CCC(C(=O)Oc3ccc(OCCCCCCOC(=O)C=C)cc3)CC2)ccc1OC(=O)C1CCC(C(=O)Oc2ccc(OCCCCCCOC(=O)C=C)cc2)CC1)c1nc2ccccc2s1. The van der Waals surface area contributed by atoms with Crippen LogP contribution < -0.4 is 33.4 Å². The van der Waals surface area contributed by atoms with Crippen LogP contribution in [0.25, 0.3) is 10.2 Å². The van der Waals surface area contributed by atoms with Crippen LogP contribution in [0.2, 0.25) is 0 Å². The van der Waals surface area contributed by atoms with Crippen molar-refractivity contribution < 1.29 is 66.7 Å². The van der Waals surface area contributed by atoms with Gasteiger partial charge < -0.3 is 37.9 Å². The number of carbonyl (C=O) groups excluding carboxylic acids is 6. The topological polar surface area (TPSA) is 205 Å². The number of benzene rings is 4. The molecule has 0 spiro atoms. The van der Waals surface area contributed by atoms with Crippen LogP contribution in [-0.4, -0.2) is 79.5 Å². The van der Waals surface area contributed by atoms with Crippen LogP contribution in [0.4, 0.5) is 5.13 Å². The van der Waals surface area contributed by atoms with E-state index in [-0.39, 0.29) is 23.4 Å². The average molecular weight is 1140 g/mol. The Balaban J connectivity index is 0.900. The highest BCUT2D eigenvalue weighted by Crippen LogP contribution is 2.36. The summed E-state index contributed by atoms with van der Waals surface area (Å²) in [6.45, 7) is 10.4. The molecule has 17 nitrogen and oxygen atoms in total. The molecule has 0 aliphatic heterocycles. The maximum atomic E-state index is 13.9. The molecule has 82 heavy (non-hydrogen) atoms. The van der Waals surface area contributed by atoms with E-state index in [0.29, 0.717) is 111 Å². The lowest BCUT2D eigenvalue weighted by Gasteiger charge is -2.26. The number of carbonyl (C=O) groups is 6. The lowest BCUT2D eigenvalue weighted by atomic mass is 9.82. The molecule has 2 saturated carbocycles. The summed E-state index contributed by atoms with van der Waals surface area (Å²) in [4.78, 5) is 81.1. The molecule has 2 aliphatic carbocycles. The number of hydrogen-bond donors (Lipinski definition) is 0. The quantitative estimate of drug-likeness (QED) is 0.00797. The predicted molar refractivity (Wildman–Crippen MR) is 311 cm³/mol. The Morgan fingerprint density at radius 1 is 0.585 bits per heavy atom. The Hall–Kier alpha value is -8.30. The lowest BCUT2D eigenvalue weighted by Crippen LogP contribution is -2.30. The monoisotopic (exact) mass is 1140 g/mol. The van der Waals surface area contributed by atoms with E-state index >= 15 is 0 Å². The summed E-state index contributed by atoms with van der Waals surface area (Å²) in [7, 11) is 0. The van der Waals surface area contributed by atoms with Crippen molar-refractivity contribution in [1.29, 1.82) is 0 Å². The fraction of sp³-hybridized carbons (Fsp3) is 0.406. The fourth-order valence-corrected chi connectivity index (χ4v) is 10.3. The van der Waals surface area contributed by atoms with Gasteiger partial charge in [-0.3, -0.25) is 19.2 Å². The molecule has 5 aromatic rings. The first-order valence-electron chi connectivity index (χ1n) is 28.1. The number of nitrogens with zero attached hydrogens (tertiary/aromatic N) is 3. The summed E-state index contributed by atoms with van der Waals surface area (Å²) in [6, 6.07) is 25.7. The Bertz CT molecular complexity index is 2990. The van der Waals surface area contributed by atoms with Crippen LogP contribution in [0.15, 0.2) is 121 Å². The van der Waals surface area contributed by atoms with Crippen molar-refractivity contribution in [1.82, 2.24) is 4.98 Å². The number of hydrogen-bond acceptors (Lipinski definition) is 18. The fourth-order valence-electron chi connectivity index (χ4n) is 9.34. The van der Waals surface area contributed by atoms with Crippen LogP contribution in [-0.2, 0) is 38.2 Å². The number of rotatable bonds is 30. The molecular formula is C64H71N3O14S. The van der Waals surface area contributed by atoms with Gasteiger partial charge in [0.1, 0.15) is 40.5 Å². The van der Waals surface area contributed by atoms with E-state index in [1.165, 1.54) is 17.6 Å². The third kappa shape index (κ3) is 19.2. The minimum Gasteiger partial charge on any atom is -0.494 e. The van der Waals surface area contributed by atoms with Gasteiger partial charge >= 0.3 is 35.8 Å². The number of para-hydroxylation sites is 1. The van der Waals surface area contributed by atoms with Gasteiger partial charge in [0.15, 0.2) is 0 Å². The van der Waals surface area contributed by atoms with Crippen molar-refractivity contribution in [2.45, 2.75) is 116 Å². The van der Waals surface area contributed by atoms with E-state index in [9.17, 15) is 28.8 Å². The molecule has 0 bridgehead atoms. The third-order valence-electron chi connectivity index (χ3n) is 14.1. The molecule has 432 valence electrons. The number of fused-ring (bicyclic) bond motifs is 1. The molecule has 1 aromatic heterocycles. The van der Waals surface area contributed by atoms with E-state index in [1.54, 1.807) is 71.7 Å². The second-order valence-corrected chi connectivity index (χ2v) is 21.1. The van der Waals surface area contributed by atoms with Crippen molar-refractivity contribution >= 4 is 68.7 Å². The first kappa shape index (κ1) is 61.3. The summed E-state index contributed by atoms with van der Waals surface area (Å²) in [5.41, 5.74) is 1.12. The number of anilines is 1. The number of hydrazone groups is 1. The zero-order valence-corrected chi connectivity index (χ0v) is 47.2. The molecule has 2 aliphatic rings. The van der Waals surface area contributed by atoms with E-state index in [2.05, 4.69) is 19.1 Å². The Kier molecular flexibility index (Phi) is 24.1. The smallest absolute Gasteiger partial charge is 0.330 e. The minimum atomic E-state index is -0.519. The average Bonchev–Trinajstić information content (AvgIpc) is 3.97. The second-order valence-electron chi connectivity index (χ2n) is 20.1. The van der Waals surface area contributed by atoms with E-state index in [4.69, 9.17) is 54.4 Å². The third-order valence-corrected chi connectivity index (χ3v) is 15.2. The molecule has 7 rings (SSSR count). The number of aromatic nitrogens is 1. The molecule has 1 atom stereocenters. The van der Waals surface area contributed by atoms with Crippen LogP contribution in [0.3, 0.4) is 0 Å². The van der Waals surface area contributed by atoms with E-state index < -0.39 is 53.6 Å². The summed E-state index contributed by atoms with van der Waals surface area (Å²) in [6.07, 6.45) is 20.0.